The van der Waals surface area contributed by atoms with Gasteiger partial charge in [0.1, 0.15) is 5.60 Å². The van der Waals surface area contributed by atoms with E-state index in [2.05, 4.69) is 61.6 Å². The quantitative estimate of drug-likeness (QED) is 0.389. The summed E-state index contributed by atoms with van der Waals surface area (Å²) in [5.41, 5.74) is 2.10. The zero-order valence-electron chi connectivity index (χ0n) is 14.0. The second-order valence-corrected chi connectivity index (χ2v) is 6.36. The summed E-state index contributed by atoms with van der Waals surface area (Å²) in [7, 11) is 0. The normalized spacial score (nSPS) is 20.9. The molecule has 2 rings (SSSR count). The monoisotopic (exact) mass is 330 g/mol. The maximum Gasteiger partial charge on any atom is 0.103 e. The predicted octanol–water partition coefficient (Wildman–Crippen LogP) is 6.16. The van der Waals surface area contributed by atoms with E-state index < -0.39 is 0 Å². The van der Waals surface area contributed by atoms with Gasteiger partial charge in [0.05, 0.1) is 5.88 Å². The molecule has 0 fully saturated rings. The highest BCUT2D eigenvalue weighted by Crippen LogP contribution is 2.27. The molecule has 1 nitrogen and oxygen atoms in total. The zero-order chi connectivity index (χ0) is 16.4. The summed E-state index contributed by atoms with van der Waals surface area (Å²) in [5, 5.41) is 0. The highest BCUT2D eigenvalue weighted by Gasteiger charge is 2.27. The van der Waals surface area contributed by atoms with Crippen molar-refractivity contribution >= 4 is 17.7 Å². The van der Waals surface area contributed by atoms with E-state index in [-0.39, 0.29) is 5.60 Å². The summed E-state index contributed by atoms with van der Waals surface area (Å²) >= 11 is 6.17. The van der Waals surface area contributed by atoms with Crippen molar-refractivity contribution < 1.29 is 4.74 Å². The molecule has 0 aliphatic heterocycles. The average molecular weight is 331 g/mol. The van der Waals surface area contributed by atoms with Crippen LogP contribution in [0.2, 0.25) is 0 Å². The largest absolute Gasteiger partial charge is 0.369 e. The highest BCUT2D eigenvalue weighted by atomic mass is 35.5. The molecule has 1 atom stereocenters. The van der Waals surface area contributed by atoms with Crippen LogP contribution in [0.1, 0.15) is 44.6 Å². The van der Waals surface area contributed by atoms with Crippen molar-refractivity contribution in [3.63, 3.8) is 0 Å². The van der Waals surface area contributed by atoms with Gasteiger partial charge in [-0.2, -0.15) is 0 Å². The fourth-order valence-electron chi connectivity index (χ4n) is 2.60. The molecule has 0 radical (unpaired) electrons. The van der Waals surface area contributed by atoms with E-state index in [1.165, 1.54) is 30.4 Å². The van der Waals surface area contributed by atoms with E-state index in [1.807, 2.05) is 6.07 Å². The van der Waals surface area contributed by atoms with E-state index in [0.29, 0.717) is 5.88 Å². The van der Waals surface area contributed by atoms with Gasteiger partial charge in [-0.3, -0.25) is 0 Å². The molecule has 1 aliphatic rings. The lowest BCUT2D eigenvalue weighted by Crippen LogP contribution is -2.33. The van der Waals surface area contributed by atoms with E-state index in [4.69, 9.17) is 16.3 Å². The molecule has 2 heteroatoms. The van der Waals surface area contributed by atoms with E-state index in [0.717, 1.165) is 19.4 Å². The van der Waals surface area contributed by atoms with Crippen molar-refractivity contribution in [2.24, 2.45) is 0 Å². The lowest BCUT2D eigenvalue weighted by Gasteiger charge is -2.30. The molecule has 0 spiro atoms. The van der Waals surface area contributed by atoms with Crippen molar-refractivity contribution in [3.8, 4) is 0 Å². The predicted molar refractivity (Wildman–Crippen MR) is 101 cm³/mol. The van der Waals surface area contributed by atoms with Gasteiger partial charge in [0.25, 0.3) is 0 Å². The number of halogens is 1. The maximum absolute atomic E-state index is 6.17. The molecule has 124 valence electrons. The number of hydrogen-bond acceptors (Lipinski definition) is 1. The third-order valence-corrected chi connectivity index (χ3v) is 4.60. The Morgan fingerprint density at radius 2 is 1.96 bits per heavy atom. The van der Waals surface area contributed by atoms with Crippen LogP contribution >= 0.6 is 11.6 Å². The van der Waals surface area contributed by atoms with Crippen LogP contribution in [0.25, 0.3) is 6.08 Å². The first-order valence-corrected chi connectivity index (χ1v) is 9.14. The molecule has 1 aliphatic carbocycles. The third-order valence-electron chi connectivity index (χ3n) is 4.14. The van der Waals surface area contributed by atoms with Crippen LogP contribution in [0.4, 0.5) is 0 Å². The molecule has 1 aromatic carbocycles. The molecule has 0 heterocycles. The number of alkyl halides is 1. The topological polar surface area (TPSA) is 9.23 Å². The number of hydrogen-bond donors (Lipinski definition) is 0. The molecule has 1 aromatic rings. The summed E-state index contributed by atoms with van der Waals surface area (Å²) in [6.07, 6.45) is 16.5. The zero-order valence-corrected chi connectivity index (χ0v) is 14.8. The Balaban J connectivity index is 1.85. The SMILES string of the molecule is CCCCCCOC1(CCl)C=CC(C=Cc2ccccc2)=CC1. The Kier molecular flexibility index (Phi) is 7.64. The molecule has 0 N–H and O–H groups in total. The van der Waals surface area contributed by atoms with Gasteiger partial charge in [-0.05, 0) is 17.6 Å². The van der Waals surface area contributed by atoms with Gasteiger partial charge < -0.3 is 4.74 Å². The Bertz CT molecular complexity index is 544. The van der Waals surface area contributed by atoms with Crippen molar-refractivity contribution in [1.29, 1.82) is 0 Å². The van der Waals surface area contributed by atoms with E-state index in [9.17, 15) is 0 Å². The standard InChI is InChI=1S/C21H27ClO/c1-2-3-4-8-17-23-21(18-22)15-13-20(14-16-21)12-11-19-9-6-5-7-10-19/h5-7,9-15H,2-4,8,16-18H2,1H3. The van der Waals surface area contributed by atoms with Gasteiger partial charge in [0, 0.05) is 13.0 Å². The lowest BCUT2D eigenvalue weighted by atomic mass is 9.93. The maximum atomic E-state index is 6.17. The van der Waals surface area contributed by atoms with Crippen LogP contribution in [0.3, 0.4) is 0 Å². The Labute approximate surface area is 145 Å². The minimum atomic E-state index is -0.322. The molecule has 0 saturated heterocycles. The Morgan fingerprint density at radius 1 is 1.13 bits per heavy atom. The molecule has 23 heavy (non-hydrogen) atoms. The molecule has 0 bridgehead atoms. The van der Waals surface area contributed by atoms with Gasteiger partial charge in [-0.15, -0.1) is 11.6 Å². The van der Waals surface area contributed by atoms with Crippen LogP contribution in [0.5, 0.6) is 0 Å². The van der Waals surface area contributed by atoms with Crippen molar-refractivity contribution in [2.45, 2.75) is 44.6 Å². The number of rotatable bonds is 9. The van der Waals surface area contributed by atoms with Gasteiger partial charge in [0.2, 0.25) is 0 Å². The molecular weight excluding hydrogens is 304 g/mol. The van der Waals surface area contributed by atoms with Gasteiger partial charge in [-0.1, -0.05) is 86.9 Å². The summed E-state index contributed by atoms with van der Waals surface area (Å²) in [4.78, 5) is 0. The first-order chi connectivity index (χ1) is 11.3. The van der Waals surface area contributed by atoms with Crippen molar-refractivity contribution in [1.82, 2.24) is 0 Å². The number of benzene rings is 1. The smallest absolute Gasteiger partial charge is 0.103 e. The fourth-order valence-corrected chi connectivity index (χ4v) is 2.88. The van der Waals surface area contributed by atoms with Gasteiger partial charge in [0.15, 0.2) is 0 Å². The van der Waals surface area contributed by atoms with Gasteiger partial charge in [-0.25, -0.2) is 0 Å². The molecule has 0 amide bonds. The van der Waals surface area contributed by atoms with Gasteiger partial charge >= 0.3 is 0 Å². The minimum Gasteiger partial charge on any atom is -0.369 e. The van der Waals surface area contributed by atoms with Crippen LogP contribution in [-0.2, 0) is 4.74 Å². The number of unbranched alkanes of at least 4 members (excludes halogenated alkanes) is 3. The lowest BCUT2D eigenvalue weighted by molar-refractivity contribution is 0.00739. The second kappa shape index (κ2) is 9.75. The Hall–Kier alpha value is -1.31. The fraction of sp³-hybridized carbons (Fsp3) is 0.429. The molecular formula is C21H27ClO. The molecule has 1 unspecified atom stereocenters. The Morgan fingerprint density at radius 3 is 2.61 bits per heavy atom. The van der Waals surface area contributed by atoms with Crippen LogP contribution in [-0.4, -0.2) is 18.1 Å². The first-order valence-electron chi connectivity index (χ1n) is 8.60. The van der Waals surface area contributed by atoms with Crippen LogP contribution in [0.15, 0.2) is 60.2 Å². The number of allylic oxidation sites excluding steroid dienone is 3. The third kappa shape index (κ3) is 6.01. The number of ether oxygens (including phenoxy) is 1. The van der Waals surface area contributed by atoms with Crippen LogP contribution in [0, 0.1) is 0 Å². The van der Waals surface area contributed by atoms with E-state index >= 15 is 0 Å². The summed E-state index contributed by atoms with van der Waals surface area (Å²) in [5.74, 6) is 0.503. The summed E-state index contributed by atoms with van der Waals surface area (Å²) in [6.45, 7) is 3.01. The van der Waals surface area contributed by atoms with Crippen molar-refractivity contribution in [3.05, 3.63) is 65.8 Å². The van der Waals surface area contributed by atoms with Crippen molar-refractivity contribution in [2.75, 3.05) is 12.5 Å². The molecule has 0 saturated carbocycles. The summed E-state index contributed by atoms with van der Waals surface area (Å²) in [6, 6.07) is 10.3. The second-order valence-electron chi connectivity index (χ2n) is 6.09. The van der Waals surface area contributed by atoms with E-state index in [1.54, 1.807) is 0 Å². The minimum absolute atomic E-state index is 0.322. The average Bonchev–Trinajstić information content (AvgIpc) is 2.62. The first kappa shape index (κ1) is 18.0. The summed E-state index contributed by atoms with van der Waals surface area (Å²) < 4.78 is 6.09. The highest BCUT2D eigenvalue weighted by molar-refractivity contribution is 6.18. The molecule has 0 aromatic heterocycles. The van der Waals surface area contributed by atoms with Crippen LogP contribution < -0.4 is 0 Å².